The molecule has 1 N–H and O–H groups in total. The number of sulfonamides is 1. The van der Waals surface area contributed by atoms with Crippen LogP contribution in [0.2, 0.25) is 5.02 Å². The Morgan fingerprint density at radius 1 is 1.14 bits per heavy atom. The lowest BCUT2D eigenvalue weighted by molar-refractivity contribution is -0.116. The first kappa shape index (κ1) is 21.0. The molecule has 0 saturated heterocycles. The Kier molecular flexibility index (Phi) is 6.36. The Morgan fingerprint density at radius 2 is 1.79 bits per heavy atom. The molecule has 9 heteroatoms. The zero-order valence-electron chi connectivity index (χ0n) is 16.0. The lowest BCUT2D eigenvalue weighted by Gasteiger charge is -2.17. The molecule has 0 saturated carbocycles. The minimum atomic E-state index is -3.78. The van der Waals surface area contributed by atoms with Gasteiger partial charge in [-0.2, -0.15) is 4.31 Å². The van der Waals surface area contributed by atoms with Crippen LogP contribution in [0.4, 0.5) is 5.69 Å². The molecule has 0 aliphatic rings. The molecule has 0 unspecified atom stereocenters. The molecule has 2 aromatic carbocycles. The van der Waals surface area contributed by atoms with Crippen molar-refractivity contribution in [3.8, 4) is 0 Å². The van der Waals surface area contributed by atoms with Crippen molar-refractivity contribution in [1.82, 2.24) is 13.9 Å². The van der Waals surface area contributed by atoms with Crippen molar-refractivity contribution in [3.63, 3.8) is 0 Å². The number of imidazole rings is 1. The van der Waals surface area contributed by atoms with Crippen LogP contribution in [-0.4, -0.2) is 41.8 Å². The van der Waals surface area contributed by atoms with Gasteiger partial charge in [0.1, 0.15) is 5.82 Å². The van der Waals surface area contributed by atoms with Crippen LogP contribution >= 0.6 is 11.6 Å². The summed E-state index contributed by atoms with van der Waals surface area (Å²) < 4.78 is 28.1. The van der Waals surface area contributed by atoms with Gasteiger partial charge in [0.15, 0.2) is 0 Å². The molecule has 1 heterocycles. The molecule has 0 aliphatic carbocycles. The molecule has 3 rings (SSSR count). The maximum atomic E-state index is 12.6. The highest BCUT2D eigenvalue weighted by Crippen LogP contribution is 2.18. The number of hydrogen-bond donors (Lipinski definition) is 1. The van der Waals surface area contributed by atoms with Gasteiger partial charge in [0.05, 0.1) is 11.4 Å². The van der Waals surface area contributed by atoms with E-state index in [2.05, 4.69) is 10.3 Å². The number of nitrogens with one attached hydrogen (secondary N) is 1. The van der Waals surface area contributed by atoms with Crippen LogP contribution in [0, 0.1) is 6.92 Å². The van der Waals surface area contributed by atoms with E-state index in [1.807, 2.05) is 29.8 Å². The fourth-order valence-corrected chi connectivity index (χ4v) is 3.99. The predicted molar refractivity (Wildman–Crippen MR) is 112 cm³/mol. The van der Waals surface area contributed by atoms with Gasteiger partial charge in [0.25, 0.3) is 0 Å². The van der Waals surface area contributed by atoms with Crippen molar-refractivity contribution in [2.24, 2.45) is 0 Å². The normalized spacial score (nSPS) is 11.6. The van der Waals surface area contributed by atoms with E-state index in [1.165, 1.54) is 31.3 Å². The quantitative estimate of drug-likeness (QED) is 0.621. The molecule has 0 bridgehead atoms. The van der Waals surface area contributed by atoms with Crippen LogP contribution in [0.15, 0.2) is 65.8 Å². The van der Waals surface area contributed by atoms with Crippen molar-refractivity contribution in [2.45, 2.75) is 18.4 Å². The Morgan fingerprint density at radius 3 is 2.38 bits per heavy atom. The third-order valence-electron chi connectivity index (χ3n) is 4.40. The van der Waals surface area contributed by atoms with E-state index in [1.54, 1.807) is 18.3 Å². The molecule has 0 fully saturated rings. The summed E-state index contributed by atoms with van der Waals surface area (Å²) in [6, 6.07) is 13.2. The molecule has 7 nitrogen and oxygen atoms in total. The summed E-state index contributed by atoms with van der Waals surface area (Å²) in [5.41, 5.74) is 1.66. The van der Waals surface area contributed by atoms with Crippen LogP contribution in [0.25, 0.3) is 0 Å². The fourth-order valence-electron chi connectivity index (χ4n) is 2.74. The summed E-state index contributed by atoms with van der Waals surface area (Å²) in [4.78, 5) is 16.6. The van der Waals surface area contributed by atoms with Crippen LogP contribution in [0.5, 0.6) is 0 Å². The van der Waals surface area contributed by atoms with Crippen molar-refractivity contribution in [3.05, 3.63) is 77.3 Å². The monoisotopic (exact) mass is 432 g/mol. The summed E-state index contributed by atoms with van der Waals surface area (Å²) >= 11 is 5.80. The largest absolute Gasteiger partial charge is 0.331 e. The maximum absolute atomic E-state index is 12.6. The van der Waals surface area contributed by atoms with Crippen molar-refractivity contribution >= 4 is 33.2 Å². The van der Waals surface area contributed by atoms with Crippen molar-refractivity contribution < 1.29 is 13.2 Å². The Bertz CT molecular complexity index is 1090. The van der Waals surface area contributed by atoms with E-state index in [0.29, 0.717) is 17.3 Å². The van der Waals surface area contributed by atoms with Gasteiger partial charge in [0.2, 0.25) is 15.9 Å². The first-order chi connectivity index (χ1) is 13.8. The average Bonchev–Trinajstić information content (AvgIpc) is 3.08. The van der Waals surface area contributed by atoms with Gasteiger partial charge in [-0.15, -0.1) is 0 Å². The van der Waals surface area contributed by atoms with Gasteiger partial charge in [-0.25, -0.2) is 13.4 Å². The van der Waals surface area contributed by atoms with E-state index < -0.39 is 15.9 Å². The number of benzene rings is 2. The minimum Gasteiger partial charge on any atom is -0.331 e. The first-order valence-electron chi connectivity index (χ1n) is 8.84. The summed E-state index contributed by atoms with van der Waals surface area (Å²) in [7, 11) is -2.42. The SMILES string of the molecule is Cc1nccn1Cc1ccc(NC(=O)CN(C)S(=O)(=O)c2ccc(Cl)cc2)cc1. The van der Waals surface area contributed by atoms with Gasteiger partial charge in [0, 0.05) is 36.7 Å². The third-order valence-corrected chi connectivity index (χ3v) is 6.47. The summed E-state index contributed by atoms with van der Waals surface area (Å²) in [6.07, 6.45) is 3.65. The van der Waals surface area contributed by atoms with Gasteiger partial charge < -0.3 is 9.88 Å². The molecule has 1 amide bonds. The Labute approximate surface area is 175 Å². The fraction of sp³-hybridized carbons (Fsp3) is 0.200. The highest BCUT2D eigenvalue weighted by molar-refractivity contribution is 7.89. The van der Waals surface area contributed by atoms with E-state index in [0.717, 1.165) is 15.7 Å². The standard InChI is InChI=1S/C20H21ClN4O3S/c1-15-22-11-12-25(15)13-16-3-7-18(8-4-16)23-20(26)14-24(2)29(27,28)19-9-5-17(21)6-10-19/h3-12H,13-14H2,1-2H3,(H,23,26). The highest BCUT2D eigenvalue weighted by atomic mass is 35.5. The highest BCUT2D eigenvalue weighted by Gasteiger charge is 2.22. The number of likely N-dealkylation sites (N-methyl/N-ethyl adjacent to an activating group) is 1. The average molecular weight is 433 g/mol. The number of carbonyl (C=O) groups excluding carboxylic acids is 1. The van der Waals surface area contributed by atoms with Crippen LogP contribution in [-0.2, 0) is 21.4 Å². The van der Waals surface area contributed by atoms with Gasteiger partial charge in [-0.05, 0) is 48.9 Å². The van der Waals surface area contributed by atoms with Crippen LogP contribution in [0.1, 0.15) is 11.4 Å². The zero-order chi connectivity index (χ0) is 21.0. The number of aromatic nitrogens is 2. The van der Waals surface area contributed by atoms with Gasteiger partial charge in [-0.3, -0.25) is 4.79 Å². The molecule has 0 atom stereocenters. The van der Waals surface area contributed by atoms with E-state index in [4.69, 9.17) is 11.6 Å². The third kappa shape index (κ3) is 5.23. The second-order valence-corrected chi connectivity index (χ2v) is 9.04. The summed E-state index contributed by atoms with van der Waals surface area (Å²) in [6.45, 7) is 2.31. The number of amides is 1. The second-order valence-electron chi connectivity index (χ2n) is 6.56. The number of halogens is 1. The molecule has 1 aromatic heterocycles. The molecular weight excluding hydrogens is 412 g/mol. The predicted octanol–water partition coefficient (Wildman–Crippen LogP) is 3.15. The number of nitrogens with zero attached hydrogens (tertiary/aromatic N) is 3. The summed E-state index contributed by atoms with van der Waals surface area (Å²) in [5, 5.41) is 3.16. The minimum absolute atomic E-state index is 0.0800. The molecule has 0 radical (unpaired) electrons. The van der Waals surface area contributed by atoms with E-state index in [-0.39, 0.29) is 11.4 Å². The molecule has 152 valence electrons. The molecule has 3 aromatic rings. The summed E-state index contributed by atoms with van der Waals surface area (Å²) in [5.74, 6) is 0.496. The topological polar surface area (TPSA) is 84.3 Å². The Balaban J connectivity index is 1.60. The first-order valence-corrected chi connectivity index (χ1v) is 10.7. The van der Waals surface area contributed by atoms with Gasteiger partial charge in [-0.1, -0.05) is 23.7 Å². The smallest absolute Gasteiger partial charge is 0.243 e. The number of anilines is 1. The second kappa shape index (κ2) is 8.77. The lowest BCUT2D eigenvalue weighted by atomic mass is 10.2. The number of hydrogen-bond acceptors (Lipinski definition) is 4. The van der Waals surface area contributed by atoms with E-state index >= 15 is 0 Å². The Hall–Kier alpha value is -2.68. The van der Waals surface area contributed by atoms with E-state index in [9.17, 15) is 13.2 Å². The molecule has 0 spiro atoms. The molecule has 29 heavy (non-hydrogen) atoms. The van der Waals surface area contributed by atoms with Crippen LogP contribution < -0.4 is 5.32 Å². The number of aryl methyl sites for hydroxylation is 1. The maximum Gasteiger partial charge on any atom is 0.243 e. The van der Waals surface area contributed by atoms with Crippen molar-refractivity contribution in [1.29, 1.82) is 0 Å². The lowest BCUT2D eigenvalue weighted by Crippen LogP contribution is -2.34. The molecular formula is C20H21ClN4O3S. The van der Waals surface area contributed by atoms with Crippen LogP contribution in [0.3, 0.4) is 0 Å². The van der Waals surface area contributed by atoms with Crippen molar-refractivity contribution in [2.75, 3.05) is 18.9 Å². The van der Waals surface area contributed by atoms with Gasteiger partial charge >= 0.3 is 0 Å². The number of carbonyl (C=O) groups is 1. The number of rotatable bonds is 7. The molecule has 0 aliphatic heterocycles. The zero-order valence-corrected chi connectivity index (χ0v) is 17.6.